The SMILES string of the molecule is CC/C=C/C=C/C=C/C=C/CCCCCCCC(=O)OCC(COCCC(C(=O)O)[N+](C)(C)C)OC(=O)CCCCC/C=C/C=C/CCCC. The number of hydrogen-bond donors (Lipinski definition) is 1. The van der Waals surface area contributed by atoms with Gasteiger partial charge in [-0.1, -0.05) is 125 Å². The van der Waals surface area contributed by atoms with Gasteiger partial charge >= 0.3 is 17.9 Å². The maximum Gasteiger partial charge on any atom is 0.362 e. The largest absolute Gasteiger partial charge is 0.477 e. The molecule has 8 heteroatoms. The second-order valence-corrected chi connectivity index (χ2v) is 13.6. The Hall–Kier alpha value is -3.23. The molecule has 0 fully saturated rings. The van der Waals surface area contributed by atoms with Gasteiger partial charge in [-0.05, 0) is 51.4 Å². The average Bonchev–Trinajstić information content (AvgIpc) is 3.06. The van der Waals surface area contributed by atoms with Crippen molar-refractivity contribution < 1.29 is 38.2 Å². The van der Waals surface area contributed by atoms with Crippen molar-refractivity contribution in [3.63, 3.8) is 0 Å². The van der Waals surface area contributed by atoms with Gasteiger partial charge in [0.25, 0.3) is 0 Å². The molecule has 0 aliphatic carbocycles. The minimum absolute atomic E-state index is 0.0380. The zero-order valence-electron chi connectivity index (χ0n) is 32.1. The number of allylic oxidation sites excluding steroid dienone is 12. The summed E-state index contributed by atoms with van der Waals surface area (Å²) in [6.07, 6.45) is 39.5. The van der Waals surface area contributed by atoms with E-state index in [9.17, 15) is 19.5 Å². The number of carbonyl (C=O) groups is 3. The second kappa shape index (κ2) is 32.9. The molecule has 8 nitrogen and oxygen atoms in total. The Labute approximate surface area is 304 Å². The number of aliphatic carboxylic acids is 1. The van der Waals surface area contributed by atoms with Crippen LogP contribution < -0.4 is 0 Å². The first kappa shape index (κ1) is 46.8. The van der Waals surface area contributed by atoms with Crippen LogP contribution in [0.1, 0.15) is 123 Å². The van der Waals surface area contributed by atoms with Gasteiger partial charge in [-0.2, -0.15) is 0 Å². The van der Waals surface area contributed by atoms with E-state index in [1.807, 2.05) is 51.5 Å². The van der Waals surface area contributed by atoms with Crippen LogP contribution in [-0.4, -0.2) is 80.6 Å². The lowest BCUT2D eigenvalue weighted by Gasteiger charge is -2.31. The molecule has 50 heavy (non-hydrogen) atoms. The first-order valence-electron chi connectivity index (χ1n) is 19.0. The molecule has 0 aromatic rings. The van der Waals surface area contributed by atoms with Crippen LogP contribution in [0.3, 0.4) is 0 Å². The molecule has 0 radical (unpaired) electrons. The smallest absolute Gasteiger partial charge is 0.362 e. The van der Waals surface area contributed by atoms with Crippen LogP contribution in [0.2, 0.25) is 0 Å². The molecule has 0 amide bonds. The Kier molecular flexibility index (Phi) is 30.8. The molecule has 1 N–H and O–H groups in total. The van der Waals surface area contributed by atoms with Gasteiger partial charge in [0.2, 0.25) is 0 Å². The van der Waals surface area contributed by atoms with E-state index in [0.29, 0.717) is 12.8 Å². The van der Waals surface area contributed by atoms with E-state index in [0.717, 1.165) is 77.0 Å². The number of quaternary nitrogens is 1. The Morgan fingerprint density at radius 2 is 1.12 bits per heavy atom. The van der Waals surface area contributed by atoms with E-state index in [1.54, 1.807) is 0 Å². The number of rotatable bonds is 32. The quantitative estimate of drug-likeness (QED) is 0.0323. The predicted octanol–water partition coefficient (Wildman–Crippen LogP) is 9.63. The average molecular weight is 701 g/mol. The van der Waals surface area contributed by atoms with Crippen LogP contribution in [0.5, 0.6) is 0 Å². The van der Waals surface area contributed by atoms with Crippen molar-refractivity contribution >= 4 is 17.9 Å². The van der Waals surface area contributed by atoms with Gasteiger partial charge in [0.1, 0.15) is 6.61 Å². The number of ether oxygens (including phenoxy) is 3. The molecule has 2 atom stereocenters. The fourth-order valence-corrected chi connectivity index (χ4v) is 4.96. The van der Waals surface area contributed by atoms with Crippen LogP contribution in [0.25, 0.3) is 0 Å². The Bertz CT molecular complexity index is 1050. The number of hydrogen-bond acceptors (Lipinski definition) is 6. The van der Waals surface area contributed by atoms with E-state index in [4.69, 9.17) is 14.2 Å². The number of esters is 2. The molecule has 2 unspecified atom stereocenters. The molecule has 0 bridgehead atoms. The Morgan fingerprint density at radius 3 is 1.70 bits per heavy atom. The van der Waals surface area contributed by atoms with E-state index >= 15 is 0 Å². The summed E-state index contributed by atoms with van der Waals surface area (Å²) in [5.74, 6) is -1.55. The van der Waals surface area contributed by atoms with Crippen molar-refractivity contribution in [2.75, 3.05) is 41.0 Å². The van der Waals surface area contributed by atoms with Crippen LogP contribution >= 0.6 is 0 Å². The third-order valence-electron chi connectivity index (χ3n) is 7.96. The minimum atomic E-state index is -0.888. The maximum absolute atomic E-state index is 12.6. The van der Waals surface area contributed by atoms with Crippen molar-refractivity contribution in [3.05, 3.63) is 72.9 Å². The van der Waals surface area contributed by atoms with Gasteiger partial charge in [-0.3, -0.25) is 9.59 Å². The van der Waals surface area contributed by atoms with Gasteiger partial charge in [-0.15, -0.1) is 0 Å². The van der Waals surface area contributed by atoms with Crippen molar-refractivity contribution in [1.29, 1.82) is 0 Å². The standard InChI is InChI=1S/C42H69NO7/c1-6-8-10-12-14-16-18-19-20-21-23-24-26-28-30-32-40(44)49-37-38(36-48-35-34-39(42(46)47)43(3,4)5)50-41(45)33-31-29-27-25-22-17-15-13-11-9-7-2/h8,10,12-20,22,38-39H,6-7,9,11,21,23-37H2,1-5H3/p+1/b10-8+,14-12+,15-13+,18-16+,20-19+,22-17+. The van der Waals surface area contributed by atoms with Gasteiger partial charge in [0.15, 0.2) is 12.1 Å². The first-order chi connectivity index (χ1) is 24.1. The van der Waals surface area contributed by atoms with E-state index in [1.165, 1.54) is 12.8 Å². The summed E-state index contributed by atoms with van der Waals surface area (Å²) in [6, 6.07) is -0.625. The van der Waals surface area contributed by atoms with Crippen LogP contribution in [0.15, 0.2) is 72.9 Å². The first-order valence-corrected chi connectivity index (χ1v) is 19.0. The van der Waals surface area contributed by atoms with Gasteiger partial charge < -0.3 is 23.8 Å². The molecule has 0 heterocycles. The zero-order valence-corrected chi connectivity index (χ0v) is 32.1. The highest BCUT2D eigenvalue weighted by Gasteiger charge is 2.31. The molecule has 0 aliphatic rings. The van der Waals surface area contributed by atoms with Gasteiger partial charge in [0, 0.05) is 19.3 Å². The Morgan fingerprint density at radius 1 is 0.620 bits per heavy atom. The van der Waals surface area contributed by atoms with Crippen LogP contribution in [0, 0.1) is 0 Å². The fraction of sp³-hybridized carbons (Fsp3) is 0.643. The maximum atomic E-state index is 12.6. The van der Waals surface area contributed by atoms with Gasteiger partial charge in [-0.25, -0.2) is 4.79 Å². The molecule has 0 saturated carbocycles. The molecule has 0 rings (SSSR count). The highest BCUT2D eigenvalue weighted by Crippen LogP contribution is 2.12. The van der Waals surface area contributed by atoms with Crippen molar-refractivity contribution in [2.45, 2.75) is 135 Å². The Balaban J connectivity index is 4.51. The number of unbranched alkanes of at least 4 members (excludes halogenated alkanes) is 10. The summed E-state index contributed by atoms with van der Waals surface area (Å²) >= 11 is 0. The molecule has 0 aromatic heterocycles. The third kappa shape index (κ3) is 30.8. The summed E-state index contributed by atoms with van der Waals surface area (Å²) < 4.78 is 17.1. The van der Waals surface area contributed by atoms with Crippen molar-refractivity contribution in [1.82, 2.24) is 0 Å². The highest BCUT2D eigenvalue weighted by molar-refractivity contribution is 5.72. The van der Waals surface area contributed by atoms with Crippen molar-refractivity contribution in [3.8, 4) is 0 Å². The molecule has 0 spiro atoms. The zero-order chi connectivity index (χ0) is 37.1. The lowest BCUT2D eigenvalue weighted by Crippen LogP contribution is -2.50. The number of carbonyl (C=O) groups excluding carboxylic acids is 2. The number of nitrogens with zero attached hydrogens (tertiary/aromatic N) is 1. The summed E-state index contributed by atoms with van der Waals surface area (Å²) in [5, 5.41) is 9.58. The predicted molar refractivity (Wildman–Crippen MR) is 206 cm³/mol. The summed E-state index contributed by atoms with van der Waals surface area (Å²) in [7, 11) is 5.49. The monoisotopic (exact) mass is 701 g/mol. The fourth-order valence-electron chi connectivity index (χ4n) is 4.96. The molecular formula is C42H70NO7+. The van der Waals surface area contributed by atoms with E-state index in [2.05, 4.69) is 56.4 Å². The number of likely N-dealkylation sites (N-methyl/N-ethyl adjacent to an activating group) is 1. The summed E-state index contributed by atoms with van der Waals surface area (Å²) in [4.78, 5) is 36.7. The normalized spacial score (nSPS) is 13.9. The number of carboxylic acid groups (broad SMARTS) is 1. The highest BCUT2D eigenvalue weighted by atomic mass is 16.6. The molecule has 0 aliphatic heterocycles. The third-order valence-corrected chi connectivity index (χ3v) is 7.96. The lowest BCUT2D eigenvalue weighted by molar-refractivity contribution is -0.887. The van der Waals surface area contributed by atoms with Crippen LogP contribution in [-0.2, 0) is 28.6 Å². The number of carboxylic acids is 1. The topological polar surface area (TPSA) is 99.1 Å². The van der Waals surface area contributed by atoms with Gasteiger partial charge in [0.05, 0.1) is 34.4 Å². The minimum Gasteiger partial charge on any atom is -0.477 e. The van der Waals surface area contributed by atoms with E-state index < -0.39 is 18.1 Å². The van der Waals surface area contributed by atoms with Crippen LogP contribution in [0.4, 0.5) is 0 Å². The summed E-state index contributed by atoms with van der Waals surface area (Å²) in [5.41, 5.74) is 0. The molecular weight excluding hydrogens is 630 g/mol. The molecule has 0 aromatic carbocycles. The van der Waals surface area contributed by atoms with E-state index in [-0.39, 0.29) is 42.7 Å². The van der Waals surface area contributed by atoms with Crippen molar-refractivity contribution in [2.24, 2.45) is 0 Å². The molecule has 284 valence electrons. The summed E-state index contributed by atoms with van der Waals surface area (Å²) in [6.45, 7) is 4.45. The second-order valence-electron chi connectivity index (χ2n) is 13.6. The lowest BCUT2D eigenvalue weighted by atomic mass is 10.1. The molecule has 0 saturated heterocycles.